The summed E-state index contributed by atoms with van der Waals surface area (Å²) in [5.41, 5.74) is 8.66. The molecule has 0 unspecified atom stereocenters. The number of rotatable bonds is 3. The van der Waals surface area contributed by atoms with Crippen molar-refractivity contribution in [1.29, 1.82) is 0 Å². The molecule has 0 saturated heterocycles. The van der Waals surface area contributed by atoms with Crippen LogP contribution in [0, 0.1) is 0 Å². The number of amides is 1. The van der Waals surface area contributed by atoms with Gasteiger partial charge in [-0.25, -0.2) is 0 Å². The van der Waals surface area contributed by atoms with E-state index in [-0.39, 0.29) is 18.6 Å². The van der Waals surface area contributed by atoms with Gasteiger partial charge in [0.15, 0.2) is 0 Å². The second kappa shape index (κ2) is 5.40. The largest absolute Gasteiger partial charge is 0.399 e. The van der Waals surface area contributed by atoms with Crippen LogP contribution < -0.4 is 10.6 Å². The lowest BCUT2D eigenvalue weighted by atomic mass is 10.0. The minimum Gasteiger partial charge on any atom is -0.399 e. The van der Waals surface area contributed by atoms with Crippen LogP contribution in [-0.4, -0.2) is 25.2 Å². The number of fused-ring (bicyclic) bond motifs is 1. The van der Waals surface area contributed by atoms with Gasteiger partial charge < -0.3 is 15.4 Å². The Morgan fingerprint density at radius 1 is 1.50 bits per heavy atom. The fraction of sp³-hybridized carbons (Fsp3) is 0.500. The molecular weight excluding hydrogens is 228 g/mol. The van der Waals surface area contributed by atoms with Crippen LogP contribution in [0.15, 0.2) is 18.2 Å². The van der Waals surface area contributed by atoms with Crippen molar-refractivity contribution < 1.29 is 9.53 Å². The molecule has 0 spiro atoms. The minimum atomic E-state index is 0.0226. The first-order chi connectivity index (χ1) is 8.58. The van der Waals surface area contributed by atoms with Gasteiger partial charge in [0.1, 0.15) is 6.61 Å². The van der Waals surface area contributed by atoms with Crippen molar-refractivity contribution >= 4 is 17.3 Å². The highest BCUT2D eigenvalue weighted by atomic mass is 16.5. The summed E-state index contributed by atoms with van der Waals surface area (Å²) in [6.07, 6.45) is 2.03. The summed E-state index contributed by atoms with van der Waals surface area (Å²) in [6, 6.07) is 5.73. The Morgan fingerprint density at radius 2 is 2.28 bits per heavy atom. The zero-order chi connectivity index (χ0) is 13.1. The van der Waals surface area contributed by atoms with Gasteiger partial charge in [0, 0.05) is 17.9 Å². The maximum Gasteiger partial charge on any atom is 0.252 e. The monoisotopic (exact) mass is 248 g/mol. The smallest absolute Gasteiger partial charge is 0.252 e. The number of nitrogens with two attached hydrogens (primary N) is 1. The molecule has 0 atom stereocenters. The van der Waals surface area contributed by atoms with Crippen molar-refractivity contribution in [3.63, 3.8) is 0 Å². The SMILES string of the molecule is CC(C)OCC(=O)N1CCCc2cc(N)ccc21. The minimum absolute atomic E-state index is 0.0226. The summed E-state index contributed by atoms with van der Waals surface area (Å²) in [6.45, 7) is 4.76. The molecule has 4 heteroatoms. The van der Waals surface area contributed by atoms with Gasteiger partial charge in [-0.1, -0.05) is 0 Å². The summed E-state index contributed by atoms with van der Waals surface area (Å²) >= 11 is 0. The third-order valence-corrected chi connectivity index (χ3v) is 3.06. The molecule has 0 saturated carbocycles. The third kappa shape index (κ3) is 2.82. The van der Waals surface area contributed by atoms with E-state index in [1.165, 1.54) is 0 Å². The van der Waals surface area contributed by atoms with E-state index in [1.807, 2.05) is 32.0 Å². The van der Waals surface area contributed by atoms with E-state index in [9.17, 15) is 4.79 Å². The molecule has 0 bridgehead atoms. The number of anilines is 2. The van der Waals surface area contributed by atoms with Gasteiger partial charge in [0.25, 0.3) is 5.91 Å². The summed E-state index contributed by atoms with van der Waals surface area (Å²) in [5.74, 6) is 0.0226. The van der Waals surface area contributed by atoms with Gasteiger partial charge in [-0.05, 0) is 50.5 Å². The predicted octanol–water partition coefficient (Wildman–Crippen LogP) is 1.97. The molecule has 98 valence electrons. The van der Waals surface area contributed by atoms with Crippen LogP contribution in [0.5, 0.6) is 0 Å². The Hall–Kier alpha value is -1.55. The summed E-state index contributed by atoms with van der Waals surface area (Å²) < 4.78 is 5.38. The zero-order valence-electron chi connectivity index (χ0n) is 11.0. The zero-order valence-corrected chi connectivity index (χ0v) is 11.0. The van der Waals surface area contributed by atoms with Crippen molar-refractivity contribution in [2.75, 3.05) is 23.8 Å². The molecule has 18 heavy (non-hydrogen) atoms. The number of ether oxygens (including phenoxy) is 1. The first-order valence-electron chi connectivity index (χ1n) is 6.38. The molecule has 1 aliphatic rings. The Balaban J connectivity index is 2.14. The average molecular weight is 248 g/mol. The first-order valence-corrected chi connectivity index (χ1v) is 6.38. The van der Waals surface area contributed by atoms with Crippen molar-refractivity contribution in [2.45, 2.75) is 32.8 Å². The number of nitrogen functional groups attached to an aromatic ring is 1. The summed E-state index contributed by atoms with van der Waals surface area (Å²) in [7, 11) is 0. The number of hydrogen-bond acceptors (Lipinski definition) is 3. The van der Waals surface area contributed by atoms with E-state index in [2.05, 4.69) is 0 Å². The molecule has 2 N–H and O–H groups in total. The Kier molecular flexibility index (Phi) is 3.87. The quantitative estimate of drug-likeness (QED) is 0.832. The van der Waals surface area contributed by atoms with E-state index < -0.39 is 0 Å². The molecule has 0 radical (unpaired) electrons. The second-order valence-corrected chi connectivity index (χ2v) is 4.90. The number of hydrogen-bond donors (Lipinski definition) is 1. The van der Waals surface area contributed by atoms with Crippen molar-refractivity contribution in [2.24, 2.45) is 0 Å². The molecule has 0 aromatic heterocycles. The fourth-order valence-electron chi connectivity index (χ4n) is 2.19. The standard InChI is InChI=1S/C14H20N2O2/c1-10(2)18-9-14(17)16-7-3-4-11-8-12(15)5-6-13(11)16/h5-6,8,10H,3-4,7,9,15H2,1-2H3. The Bertz CT molecular complexity index is 443. The second-order valence-electron chi connectivity index (χ2n) is 4.90. The van der Waals surface area contributed by atoms with E-state index in [0.717, 1.165) is 36.3 Å². The molecular formula is C14H20N2O2. The van der Waals surface area contributed by atoms with Gasteiger partial charge in [0.2, 0.25) is 0 Å². The van der Waals surface area contributed by atoms with E-state index in [1.54, 1.807) is 4.90 Å². The third-order valence-electron chi connectivity index (χ3n) is 3.06. The van der Waals surface area contributed by atoms with Crippen LogP contribution >= 0.6 is 0 Å². The first kappa shape index (κ1) is 12.9. The summed E-state index contributed by atoms with van der Waals surface area (Å²) in [5, 5.41) is 0. The number of benzene rings is 1. The lowest BCUT2D eigenvalue weighted by molar-refractivity contribution is -0.124. The fourth-order valence-corrected chi connectivity index (χ4v) is 2.19. The topological polar surface area (TPSA) is 55.6 Å². The van der Waals surface area contributed by atoms with E-state index >= 15 is 0 Å². The van der Waals surface area contributed by atoms with Crippen molar-refractivity contribution in [1.82, 2.24) is 0 Å². The maximum atomic E-state index is 12.1. The molecule has 1 heterocycles. The van der Waals surface area contributed by atoms with Crippen LogP contribution in [0.4, 0.5) is 11.4 Å². The Labute approximate surface area is 108 Å². The molecule has 0 fully saturated rings. The van der Waals surface area contributed by atoms with Crippen LogP contribution in [0.2, 0.25) is 0 Å². The van der Waals surface area contributed by atoms with Gasteiger partial charge in [-0.3, -0.25) is 4.79 Å². The number of carbonyl (C=O) groups excluding carboxylic acids is 1. The summed E-state index contributed by atoms with van der Waals surface area (Å²) in [4.78, 5) is 13.9. The molecule has 4 nitrogen and oxygen atoms in total. The predicted molar refractivity (Wildman–Crippen MR) is 72.6 cm³/mol. The number of carbonyl (C=O) groups is 1. The highest BCUT2D eigenvalue weighted by Crippen LogP contribution is 2.28. The highest BCUT2D eigenvalue weighted by molar-refractivity contribution is 5.95. The normalized spacial score (nSPS) is 14.7. The van der Waals surface area contributed by atoms with Gasteiger partial charge in [-0.2, -0.15) is 0 Å². The average Bonchev–Trinajstić information content (AvgIpc) is 2.34. The molecule has 1 aromatic carbocycles. The number of aryl methyl sites for hydroxylation is 1. The molecule has 1 amide bonds. The van der Waals surface area contributed by atoms with Crippen molar-refractivity contribution in [3.8, 4) is 0 Å². The van der Waals surface area contributed by atoms with Crippen molar-refractivity contribution in [3.05, 3.63) is 23.8 Å². The maximum absolute atomic E-state index is 12.1. The van der Waals surface area contributed by atoms with E-state index in [4.69, 9.17) is 10.5 Å². The molecule has 2 rings (SSSR count). The number of nitrogens with zero attached hydrogens (tertiary/aromatic N) is 1. The molecule has 1 aliphatic heterocycles. The van der Waals surface area contributed by atoms with Gasteiger partial charge in [-0.15, -0.1) is 0 Å². The molecule has 1 aromatic rings. The van der Waals surface area contributed by atoms with Gasteiger partial charge in [0.05, 0.1) is 6.10 Å². The van der Waals surface area contributed by atoms with E-state index in [0.29, 0.717) is 0 Å². The lowest BCUT2D eigenvalue weighted by Gasteiger charge is -2.29. The Morgan fingerprint density at radius 3 is 3.00 bits per heavy atom. The van der Waals surface area contributed by atoms with Crippen LogP contribution in [0.3, 0.4) is 0 Å². The lowest BCUT2D eigenvalue weighted by Crippen LogP contribution is -2.38. The van der Waals surface area contributed by atoms with Crippen LogP contribution in [0.1, 0.15) is 25.8 Å². The molecule has 0 aliphatic carbocycles. The van der Waals surface area contributed by atoms with Crippen LogP contribution in [-0.2, 0) is 16.0 Å². The highest BCUT2D eigenvalue weighted by Gasteiger charge is 2.22. The van der Waals surface area contributed by atoms with Gasteiger partial charge >= 0.3 is 0 Å². The van der Waals surface area contributed by atoms with Crippen LogP contribution in [0.25, 0.3) is 0 Å².